The minimum Gasteiger partial charge on any atom is -0.376 e. The summed E-state index contributed by atoms with van der Waals surface area (Å²) in [4.78, 5) is 2.64. The van der Waals surface area contributed by atoms with Gasteiger partial charge in [-0.25, -0.2) is 0 Å². The highest BCUT2D eigenvalue weighted by Gasteiger charge is 2.45. The van der Waals surface area contributed by atoms with Crippen LogP contribution < -0.4 is 21.1 Å². The van der Waals surface area contributed by atoms with E-state index in [0.717, 1.165) is 0 Å². The standard InChI is InChI=1S/C55H39BN2S/c1-55(2,41-29-28-37-20-9-10-21-38(37)31-41)46-24-15-25-47-53(46)57-48-34-45-43-22-12-14-27-50(43)59-54(45)51-44-23-11-13-26-49(44)58(56(47)52(48)51)42-32-39(35-16-5-3-6-17-35)30-40(33-42)36-18-7-4-8-19-36/h3-34,57H,1-2H3. The van der Waals surface area contributed by atoms with Crippen molar-refractivity contribution in [3.8, 4) is 33.4 Å². The van der Waals surface area contributed by atoms with E-state index in [2.05, 4.69) is 218 Å². The van der Waals surface area contributed by atoms with Gasteiger partial charge in [0.1, 0.15) is 0 Å². The van der Waals surface area contributed by atoms with Crippen LogP contribution in [0.25, 0.3) is 64.3 Å². The van der Waals surface area contributed by atoms with Crippen LogP contribution in [-0.4, -0.2) is 6.85 Å². The molecule has 9 aromatic carbocycles. The fourth-order valence-corrected chi connectivity index (χ4v) is 11.2. The van der Waals surface area contributed by atoms with Crippen molar-refractivity contribution in [2.75, 3.05) is 10.1 Å². The van der Waals surface area contributed by atoms with Crippen molar-refractivity contribution < 1.29 is 0 Å². The van der Waals surface area contributed by atoms with Gasteiger partial charge in [0.05, 0.1) is 0 Å². The molecule has 1 N–H and O–H groups in total. The fourth-order valence-electron chi connectivity index (χ4n) is 9.95. The van der Waals surface area contributed by atoms with E-state index in [1.165, 1.54) is 109 Å². The molecule has 4 heteroatoms. The molecule has 0 bridgehead atoms. The topological polar surface area (TPSA) is 15.3 Å². The maximum Gasteiger partial charge on any atom is 0.333 e. The molecule has 3 heterocycles. The van der Waals surface area contributed by atoms with Gasteiger partial charge in [-0.3, -0.25) is 0 Å². The Hall–Kier alpha value is -6.88. The Kier molecular flexibility index (Phi) is 7.58. The predicted octanol–water partition coefficient (Wildman–Crippen LogP) is 13.8. The van der Waals surface area contributed by atoms with E-state index in [-0.39, 0.29) is 12.3 Å². The second-order valence-electron chi connectivity index (χ2n) is 16.6. The van der Waals surface area contributed by atoms with Gasteiger partial charge in [-0.1, -0.05) is 172 Å². The lowest BCUT2D eigenvalue weighted by Crippen LogP contribution is -2.60. The third kappa shape index (κ3) is 5.26. The van der Waals surface area contributed by atoms with Crippen LogP contribution in [0, 0.1) is 0 Å². The van der Waals surface area contributed by atoms with Crippen molar-refractivity contribution in [1.29, 1.82) is 0 Å². The van der Waals surface area contributed by atoms with Gasteiger partial charge in [-0.15, -0.1) is 11.3 Å². The molecular formula is C55H39BN2S. The number of hydrogen-bond donors (Lipinski definition) is 1. The highest BCUT2D eigenvalue weighted by molar-refractivity contribution is 7.26. The number of benzene rings is 9. The Balaban J connectivity index is 1.16. The summed E-state index contributed by atoms with van der Waals surface area (Å²) in [7, 11) is 0. The minimum atomic E-state index is -0.299. The zero-order valence-electron chi connectivity index (χ0n) is 32.9. The number of hydrogen-bond acceptors (Lipinski definition) is 3. The molecule has 2 nitrogen and oxygen atoms in total. The summed E-state index contributed by atoms with van der Waals surface area (Å²) in [6.07, 6.45) is 0. The molecule has 0 radical (unpaired) electrons. The first kappa shape index (κ1) is 34.2. The Morgan fingerprint density at radius 2 is 1.22 bits per heavy atom. The van der Waals surface area contributed by atoms with Crippen molar-refractivity contribution >= 4 is 82.8 Å². The first-order valence-electron chi connectivity index (χ1n) is 20.5. The smallest absolute Gasteiger partial charge is 0.333 e. The molecule has 2 aliphatic rings. The van der Waals surface area contributed by atoms with E-state index in [4.69, 9.17) is 0 Å². The number of thiophene rings is 1. The largest absolute Gasteiger partial charge is 0.376 e. The molecule has 0 atom stereocenters. The molecule has 10 aromatic rings. The monoisotopic (exact) mass is 770 g/mol. The lowest BCUT2D eigenvalue weighted by molar-refractivity contribution is 0.644. The van der Waals surface area contributed by atoms with Crippen LogP contribution in [-0.2, 0) is 5.41 Å². The zero-order chi connectivity index (χ0) is 39.2. The van der Waals surface area contributed by atoms with E-state index in [1.54, 1.807) is 0 Å². The molecule has 0 aliphatic carbocycles. The Labute approximate surface area is 349 Å². The highest BCUT2D eigenvalue weighted by atomic mass is 32.1. The highest BCUT2D eigenvalue weighted by Crippen LogP contribution is 2.51. The summed E-state index contributed by atoms with van der Waals surface area (Å²) in [5, 5.41) is 9.30. The summed E-state index contributed by atoms with van der Waals surface area (Å²) in [6.45, 7) is 4.67. The minimum absolute atomic E-state index is 0.0947. The average molecular weight is 771 g/mol. The van der Waals surface area contributed by atoms with E-state index >= 15 is 0 Å². The summed E-state index contributed by atoms with van der Waals surface area (Å²) in [6, 6.07) is 72.0. The Bertz CT molecular complexity index is 3240. The number of fused-ring (bicyclic) bond motifs is 9. The zero-order valence-corrected chi connectivity index (χ0v) is 33.7. The normalized spacial score (nSPS) is 13.0. The molecule has 2 aliphatic heterocycles. The number of nitrogens with zero attached hydrogens (tertiary/aromatic N) is 1. The number of para-hydroxylation sites is 2. The molecule has 0 amide bonds. The average Bonchev–Trinajstić information content (AvgIpc) is 3.67. The lowest BCUT2D eigenvalue weighted by Gasteiger charge is -2.44. The lowest BCUT2D eigenvalue weighted by atomic mass is 9.43. The van der Waals surface area contributed by atoms with E-state index in [9.17, 15) is 0 Å². The quantitative estimate of drug-likeness (QED) is 0.175. The molecule has 0 spiro atoms. The fraction of sp³-hybridized carbons (Fsp3) is 0.0545. The summed E-state index contributed by atoms with van der Waals surface area (Å²) >= 11 is 1.92. The van der Waals surface area contributed by atoms with Gasteiger partial charge in [0.25, 0.3) is 0 Å². The van der Waals surface area contributed by atoms with Crippen molar-refractivity contribution in [3.63, 3.8) is 0 Å². The molecule has 12 rings (SSSR count). The molecule has 0 saturated heterocycles. The first-order chi connectivity index (χ1) is 29.0. The predicted molar refractivity (Wildman–Crippen MR) is 255 cm³/mol. The van der Waals surface area contributed by atoms with Crippen molar-refractivity contribution in [2.45, 2.75) is 19.3 Å². The second kappa shape index (κ2) is 13.1. The van der Waals surface area contributed by atoms with Crippen LogP contribution in [0.5, 0.6) is 0 Å². The van der Waals surface area contributed by atoms with Crippen molar-refractivity contribution in [3.05, 3.63) is 205 Å². The van der Waals surface area contributed by atoms with Crippen LogP contribution in [0.1, 0.15) is 25.0 Å². The maximum atomic E-state index is 4.16. The van der Waals surface area contributed by atoms with Crippen LogP contribution in [0.3, 0.4) is 0 Å². The van der Waals surface area contributed by atoms with Gasteiger partial charge in [0, 0.05) is 59.5 Å². The molecular weight excluding hydrogens is 731 g/mol. The van der Waals surface area contributed by atoms with Crippen LogP contribution in [0.2, 0.25) is 0 Å². The third-order valence-electron chi connectivity index (χ3n) is 12.9. The third-order valence-corrected chi connectivity index (χ3v) is 14.1. The Morgan fingerprint density at radius 1 is 0.542 bits per heavy atom. The van der Waals surface area contributed by atoms with Gasteiger partial charge >= 0.3 is 6.85 Å². The molecule has 0 saturated carbocycles. The van der Waals surface area contributed by atoms with Crippen molar-refractivity contribution in [1.82, 2.24) is 0 Å². The Morgan fingerprint density at radius 3 is 2.00 bits per heavy atom. The summed E-state index contributed by atoms with van der Waals surface area (Å²) < 4.78 is 2.67. The molecule has 278 valence electrons. The van der Waals surface area contributed by atoms with Crippen LogP contribution >= 0.6 is 11.3 Å². The van der Waals surface area contributed by atoms with E-state index in [1.807, 2.05) is 11.3 Å². The van der Waals surface area contributed by atoms with Gasteiger partial charge in [-0.2, -0.15) is 0 Å². The van der Waals surface area contributed by atoms with Gasteiger partial charge in [-0.05, 0) is 91.5 Å². The van der Waals surface area contributed by atoms with Crippen molar-refractivity contribution in [2.24, 2.45) is 0 Å². The number of rotatable bonds is 5. The van der Waals surface area contributed by atoms with Gasteiger partial charge < -0.3 is 10.1 Å². The first-order valence-corrected chi connectivity index (χ1v) is 21.4. The second-order valence-corrected chi connectivity index (χ2v) is 17.6. The van der Waals surface area contributed by atoms with E-state index < -0.39 is 0 Å². The molecule has 0 fully saturated rings. The van der Waals surface area contributed by atoms with Crippen LogP contribution in [0.4, 0.5) is 22.7 Å². The van der Waals surface area contributed by atoms with Crippen LogP contribution in [0.15, 0.2) is 194 Å². The SMILES string of the molecule is CC(C)(c1ccc2ccccc2c1)c1cccc2c1Nc1cc3c(sc4ccccc43)c3c1B2N(c1cc(-c2ccccc2)cc(-c2ccccc2)c1)c1ccccc1-3. The summed E-state index contributed by atoms with van der Waals surface area (Å²) in [5.74, 6) is 0. The van der Waals surface area contributed by atoms with Gasteiger partial charge in [0.15, 0.2) is 0 Å². The molecule has 0 unspecified atom stereocenters. The maximum absolute atomic E-state index is 4.16. The van der Waals surface area contributed by atoms with E-state index in [0.29, 0.717) is 0 Å². The summed E-state index contributed by atoms with van der Waals surface area (Å²) in [5.41, 5.74) is 17.1. The molecule has 1 aromatic heterocycles. The number of anilines is 4. The number of nitrogens with one attached hydrogen (secondary N) is 1. The molecule has 59 heavy (non-hydrogen) atoms. The van der Waals surface area contributed by atoms with Gasteiger partial charge in [0.2, 0.25) is 0 Å².